The summed E-state index contributed by atoms with van der Waals surface area (Å²) in [4.78, 5) is 26.2. The molecule has 0 aromatic rings. The molecule has 0 aliphatic carbocycles. The van der Waals surface area contributed by atoms with Gasteiger partial charge in [-0.1, -0.05) is 0 Å². The van der Waals surface area contributed by atoms with Crippen molar-refractivity contribution in [3.05, 3.63) is 0 Å². The highest BCUT2D eigenvalue weighted by molar-refractivity contribution is 5.73. The van der Waals surface area contributed by atoms with E-state index in [0.717, 1.165) is 13.8 Å². The number of carbonyl (C=O) groups is 2. The number of amides is 2. The van der Waals surface area contributed by atoms with Crippen LogP contribution in [0.5, 0.6) is 0 Å². The van der Waals surface area contributed by atoms with Gasteiger partial charge in [-0.15, -0.1) is 0 Å². The summed E-state index contributed by atoms with van der Waals surface area (Å²) in [5.74, 6) is -1.86. The number of hydrogen-bond acceptors (Lipinski definition) is 39. The smallest absolute Gasteiger partial charge is 0.217 e. The van der Waals surface area contributed by atoms with Crippen LogP contribution in [0.3, 0.4) is 0 Å². The number of rotatable bonds is 22. The van der Waals surface area contributed by atoms with Crippen LogP contribution >= 0.6 is 0 Å². The number of nitrogens with one attached hydrogen (secondary N) is 2. The van der Waals surface area contributed by atoms with Gasteiger partial charge in [-0.05, 0) is 13.8 Å². The molecule has 1 unspecified atom stereocenters. The van der Waals surface area contributed by atoms with Crippen LogP contribution in [0.25, 0.3) is 0 Å². The summed E-state index contributed by atoms with van der Waals surface area (Å²) in [6.45, 7) is -1.81. The summed E-state index contributed by atoms with van der Waals surface area (Å²) >= 11 is 0. The van der Waals surface area contributed by atoms with Crippen molar-refractivity contribution in [2.45, 2.75) is 273 Å². The van der Waals surface area contributed by atoms with Crippen molar-refractivity contribution in [1.82, 2.24) is 10.6 Å². The summed E-state index contributed by atoms with van der Waals surface area (Å²) in [5.41, 5.74) is 0. The second-order valence-corrected chi connectivity index (χ2v) is 23.9. The molecule has 8 saturated heterocycles. The van der Waals surface area contributed by atoms with Gasteiger partial charge in [-0.3, -0.25) is 9.59 Å². The van der Waals surface area contributed by atoms with E-state index in [1.54, 1.807) is 0 Å². The van der Waals surface area contributed by atoms with E-state index in [9.17, 15) is 122 Å². The van der Waals surface area contributed by atoms with E-state index >= 15 is 0 Å². The van der Waals surface area contributed by atoms with Gasteiger partial charge in [-0.25, -0.2) is 0 Å². The van der Waals surface area contributed by atoms with Crippen LogP contribution in [-0.2, 0) is 80.6 Å². The van der Waals surface area contributed by atoms with Crippen LogP contribution in [0.1, 0.15) is 27.7 Å². The van der Waals surface area contributed by atoms with Gasteiger partial charge < -0.3 is 194 Å². The van der Waals surface area contributed by atoms with Crippen LogP contribution in [-0.4, -0.2) is 409 Å². The van der Waals surface area contributed by atoms with E-state index < -0.39 is 297 Å². The molecule has 8 heterocycles. The Morgan fingerprint density at radius 1 is 0.301 bits per heavy atom. The largest absolute Gasteiger partial charge is 0.394 e. The zero-order valence-corrected chi connectivity index (χ0v) is 50.1. The quantitative estimate of drug-likeness (QED) is 0.0479. The molecule has 0 aromatic carbocycles. The monoisotopic (exact) mass is 1360 g/mol. The molecule has 0 radical (unpaired) electrons. The molecule has 0 bridgehead atoms. The molecule has 2 amide bonds. The van der Waals surface area contributed by atoms with Gasteiger partial charge in [0.25, 0.3) is 0 Å². The second-order valence-electron chi connectivity index (χ2n) is 23.9. The first-order valence-electron chi connectivity index (χ1n) is 29.9. The predicted molar refractivity (Wildman–Crippen MR) is 285 cm³/mol. The zero-order valence-electron chi connectivity index (χ0n) is 50.1. The molecule has 41 heteroatoms. The van der Waals surface area contributed by atoms with Crippen molar-refractivity contribution < 1.29 is 193 Å². The number of ether oxygens (including phenoxy) is 15. The molecule has 0 saturated carbocycles. The summed E-state index contributed by atoms with van der Waals surface area (Å²) in [5, 5.41) is 245. The Hall–Kier alpha value is -2.54. The van der Waals surface area contributed by atoms with Gasteiger partial charge in [0, 0.05) is 13.8 Å². The molecule has 8 fully saturated rings. The Bertz CT molecular complexity index is 2350. The van der Waals surface area contributed by atoms with Gasteiger partial charge in [0.05, 0.1) is 51.8 Å². The Balaban J connectivity index is 1.16. The number of aliphatic hydroxyl groups excluding tert-OH is 22. The fourth-order valence-corrected chi connectivity index (χ4v) is 12.1. The van der Waals surface area contributed by atoms with Crippen molar-refractivity contribution in [2.75, 3.05) is 39.6 Å². The van der Waals surface area contributed by atoms with E-state index in [4.69, 9.17) is 71.1 Å². The van der Waals surface area contributed by atoms with Crippen LogP contribution in [0.2, 0.25) is 0 Å². The van der Waals surface area contributed by atoms with Gasteiger partial charge in [0.15, 0.2) is 50.3 Å². The molecule has 8 aliphatic heterocycles. The van der Waals surface area contributed by atoms with E-state index in [2.05, 4.69) is 10.6 Å². The van der Waals surface area contributed by atoms with Gasteiger partial charge >= 0.3 is 0 Å². The number of aliphatic hydroxyl groups is 22. The lowest BCUT2D eigenvalue weighted by Gasteiger charge is -2.52. The third-order valence-corrected chi connectivity index (χ3v) is 17.4. The van der Waals surface area contributed by atoms with Gasteiger partial charge in [-0.2, -0.15) is 0 Å². The van der Waals surface area contributed by atoms with Gasteiger partial charge in [0.2, 0.25) is 11.8 Å². The minimum absolute atomic E-state index is 0.860. The van der Waals surface area contributed by atoms with Crippen LogP contribution < -0.4 is 10.6 Å². The number of hydrogen-bond donors (Lipinski definition) is 24. The lowest BCUT2D eigenvalue weighted by atomic mass is 9.93. The minimum Gasteiger partial charge on any atom is -0.394 e. The van der Waals surface area contributed by atoms with Crippen molar-refractivity contribution in [3.63, 3.8) is 0 Å². The summed E-state index contributed by atoms with van der Waals surface area (Å²) < 4.78 is 88.7. The molecular formula is C52H88N2O39. The molecular weight excluding hydrogens is 1280 g/mol. The maximum absolute atomic E-state index is 13.5. The summed E-state index contributed by atoms with van der Waals surface area (Å²) in [6.07, 6.45) is -75.0. The van der Waals surface area contributed by atoms with Crippen molar-refractivity contribution in [1.29, 1.82) is 0 Å². The molecule has 8 rings (SSSR count). The molecule has 40 atom stereocenters. The molecule has 540 valence electrons. The first kappa shape index (κ1) is 76.2. The average Bonchev–Trinajstić information content (AvgIpc) is 0.773. The normalized spacial score (nSPS) is 51.6. The SMILES string of the molecule is CC(=O)N[C@H]1[C@H](OC[C@H]2O[C@@H](O[C@H]3[C@H](O)[C@@H](O)C(O)O[C@@H]3CO)[C@H](O)[C@@H](O[C@@H]3O[C@H](CO)[C@@H](O[C@@H]4O[C@@H](C)[C@@H](O)[C@@H](O)[C@@H]4O)[C@H](O[C@@H]4O[C@H](CO)[C@H](O)[C@H](O)[C@H]4O[C@@H]4O[C@@H](C)[C@@H](O)[C@@H](O)[C@@H]4O)[C@H]3NC(C)=O)[C@H]2O)O[C@H](CO)[C@@H](O[C@@H]2O[C@H](CO)[C@H](O)[C@H](O)[C@H]2O)[C@@H]1O. The van der Waals surface area contributed by atoms with Crippen LogP contribution in [0.4, 0.5) is 0 Å². The Labute approximate surface area is 527 Å². The highest BCUT2D eigenvalue weighted by Crippen LogP contribution is 2.39. The third kappa shape index (κ3) is 16.4. The highest BCUT2D eigenvalue weighted by atomic mass is 16.8. The topological polar surface area (TPSA) is 642 Å². The predicted octanol–water partition coefficient (Wildman–Crippen LogP) is -16.1. The lowest BCUT2D eigenvalue weighted by Crippen LogP contribution is -2.71. The highest BCUT2D eigenvalue weighted by Gasteiger charge is 2.60. The standard InChI is InChI=1S/C52H88N2O39/c1-11-23(62)29(68)35(74)48(80-11)90-41-19(9-59)86-47(22(54-14(4)61)42(41)91-52-44(32(71)26(65)16(6-56)84-52)93-49-36(75)30(69)24(63)12(2)81-49)92-43-27(66)20(87-51(38(43)77)89-40-17(7-57)82-45(78)34(73)33(40)72)10-79-46-21(53-13(3)60)28(67)39(18(8-58)85-46)88-50-37(76)31(70)25(64)15(5-55)83-50/h11-12,15-52,55-59,62-78H,5-10H2,1-4H3,(H,53,60)(H,54,61)/t11-,12-,15+,16+,17+,18+,19+,20+,21+,22+,23+,24+,25-,26-,27-,28+,29+,30+,31-,32-,33+,34+,35-,36-,37+,38+,39+,40+,41+,42+,43-,44+,45?,46+,47-,48-,49-,50-,51-,52-/m0/s1. The Kier molecular flexibility index (Phi) is 26.7. The van der Waals surface area contributed by atoms with Crippen LogP contribution in [0.15, 0.2) is 0 Å². The van der Waals surface area contributed by atoms with Crippen LogP contribution in [0, 0.1) is 0 Å². The van der Waals surface area contributed by atoms with E-state index in [1.807, 2.05) is 0 Å². The fourth-order valence-electron chi connectivity index (χ4n) is 12.1. The molecule has 8 aliphatic rings. The fraction of sp³-hybridized carbons (Fsp3) is 0.962. The van der Waals surface area contributed by atoms with E-state index in [1.165, 1.54) is 13.8 Å². The third-order valence-electron chi connectivity index (χ3n) is 17.4. The number of carbonyl (C=O) groups excluding carboxylic acids is 2. The second kappa shape index (κ2) is 32.6. The lowest BCUT2D eigenvalue weighted by molar-refractivity contribution is -0.401. The molecule has 24 N–H and O–H groups in total. The maximum Gasteiger partial charge on any atom is 0.217 e. The molecule has 0 spiro atoms. The average molecular weight is 1370 g/mol. The van der Waals surface area contributed by atoms with Gasteiger partial charge in [0.1, 0.15) is 183 Å². The van der Waals surface area contributed by atoms with Crippen molar-refractivity contribution in [3.8, 4) is 0 Å². The Morgan fingerprint density at radius 2 is 0.667 bits per heavy atom. The summed E-state index contributed by atoms with van der Waals surface area (Å²) in [7, 11) is 0. The first-order valence-corrected chi connectivity index (χ1v) is 29.9. The Morgan fingerprint density at radius 3 is 1.19 bits per heavy atom. The van der Waals surface area contributed by atoms with Crippen molar-refractivity contribution in [2.24, 2.45) is 0 Å². The molecule has 41 nitrogen and oxygen atoms in total. The van der Waals surface area contributed by atoms with Crippen molar-refractivity contribution >= 4 is 11.8 Å². The first-order chi connectivity index (χ1) is 43.9. The summed E-state index contributed by atoms with van der Waals surface area (Å²) in [6, 6.07) is -3.80. The molecule has 93 heavy (non-hydrogen) atoms. The minimum atomic E-state index is -2.42. The zero-order chi connectivity index (χ0) is 68.5. The van der Waals surface area contributed by atoms with E-state index in [-0.39, 0.29) is 0 Å². The molecule has 0 aromatic heterocycles. The van der Waals surface area contributed by atoms with E-state index in [0.29, 0.717) is 0 Å². The maximum atomic E-state index is 13.5.